The molecule has 2 rings (SSSR count). The van der Waals surface area contributed by atoms with Crippen LogP contribution in [0.1, 0.15) is 11.1 Å². The van der Waals surface area contributed by atoms with E-state index in [1.165, 1.54) is 0 Å². The summed E-state index contributed by atoms with van der Waals surface area (Å²) in [5.41, 5.74) is 8.65. The Morgan fingerprint density at radius 3 is 2.72 bits per heavy atom. The zero-order chi connectivity index (χ0) is 12.8. The van der Waals surface area contributed by atoms with Crippen LogP contribution in [0.15, 0.2) is 55.4 Å². The van der Waals surface area contributed by atoms with Crippen molar-refractivity contribution in [1.82, 2.24) is 4.98 Å². The van der Waals surface area contributed by atoms with E-state index in [1.54, 1.807) is 12.4 Å². The van der Waals surface area contributed by atoms with Crippen molar-refractivity contribution in [3.05, 3.63) is 66.5 Å². The molecule has 0 saturated heterocycles. The molecule has 0 aliphatic heterocycles. The molecule has 0 unspecified atom stereocenters. The van der Waals surface area contributed by atoms with Crippen molar-refractivity contribution in [1.29, 1.82) is 0 Å². The van der Waals surface area contributed by atoms with Crippen LogP contribution < -0.4 is 10.5 Å². The van der Waals surface area contributed by atoms with Gasteiger partial charge < -0.3 is 10.5 Å². The molecule has 0 radical (unpaired) electrons. The van der Waals surface area contributed by atoms with Gasteiger partial charge in [-0.3, -0.25) is 4.98 Å². The number of hydrogen-bond donors (Lipinski definition) is 1. The molecule has 1 heterocycles. The molecule has 3 nitrogen and oxygen atoms in total. The SMILES string of the molecule is C=CCc1cc(N)ccc1OCc1ccncc1. The maximum Gasteiger partial charge on any atom is 0.123 e. The molecule has 92 valence electrons. The first-order valence-electron chi connectivity index (χ1n) is 5.80. The Morgan fingerprint density at radius 1 is 1.22 bits per heavy atom. The minimum atomic E-state index is 0.524. The van der Waals surface area contributed by atoms with Gasteiger partial charge in [-0.05, 0) is 47.9 Å². The lowest BCUT2D eigenvalue weighted by Crippen LogP contribution is -1.99. The van der Waals surface area contributed by atoms with Crippen LogP contribution in [0.25, 0.3) is 0 Å². The molecule has 1 aromatic carbocycles. The van der Waals surface area contributed by atoms with Gasteiger partial charge in [0.1, 0.15) is 12.4 Å². The third kappa shape index (κ3) is 3.10. The Bertz CT molecular complexity index is 523. The Balaban J connectivity index is 2.11. The molecular formula is C15H16N2O. The number of allylic oxidation sites excluding steroid dienone is 1. The van der Waals surface area contributed by atoms with Gasteiger partial charge >= 0.3 is 0 Å². The molecule has 0 saturated carbocycles. The van der Waals surface area contributed by atoms with E-state index < -0.39 is 0 Å². The van der Waals surface area contributed by atoms with Gasteiger partial charge in [0.2, 0.25) is 0 Å². The summed E-state index contributed by atoms with van der Waals surface area (Å²) in [6, 6.07) is 9.53. The standard InChI is InChI=1S/C15H16N2O/c1-2-3-13-10-14(16)4-5-15(13)18-11-12-6-8-17-9-7-12/h2,4-10H,1,3,11,16H2. The van der Waals surface area contributed by atoms with Gasteiger partial charge in [-0.1, -0.05) is 6.08 Å². The quantitative estimate of drug-likeness (QED) is 0.645. The minimum absolute atomic E-state index is 0.524. The molecule has 0 atom stereocenters. The highest BCUT2D eigenvalue weighted by Crippen LogP contribution is 2.23. The maximum absolute atomic E-state index is 5.80. The van der Waals surface area contributed by atoms with Crippen LogP contribution >= 0.6 is 0 Å². The third-order valence-electron chi connectivity index (χ3n) is 2.59. The first kappa shape index (κ1) is 12.2. The molecule has 0 spiro atoms. The van der Waals surface area contributed by atoms with Crippen LogP contribution in [0.4, 0.5) is 5.69 Å². The van der Waals surface area contributed by atoms with E-state index in [9.17, 15) is 0 Å². The highest BCUT2D eigenvalue weighted by molar-refractivity contribution is 5.48. The van der Waals surface area contributed by atoms with Gasteiger partial charge in [0.25, 0.3) is 0 Å². The average Bonchev–Trinajstić information content (AvgIpc) is 2.39. The largest absolute Gasteiger partial charge is 0.489 e. The van der Waals surface area contributed by atoms with Crippen molar-refractivity contribution in [2.24, 2.45) is 0 Å². The van der Waals surface area contributed by atoms with Crippen LogP contribution in [0.3, 0.4) is 0 Å². The lowest BCUT2D eigenvalue weighted by molar-refractivity contribution is 0.303. The lowest BCUT2D eigenvalue weighted by atomic mass is 10.1. The van der Waals surface area contributed by atoms with Crippen LogP contribution in [0, 0.1) is 0 Å². The van der Waals surface area contributed by atoms with Gasteiger partial charge in [-0.25, -0.2) is 0 Å². The Morgan fingerprint density at radius 2 is 2.00 bits per heavy atom. The van der Waals surface area contributed by atoms with Crippen LogP contribution in [0.2, 0.25) is 0 Å². The van der Waals surface area contributed by atoms with E-state index in [0.29, 0.717) is 6.61 Å². The first-order chi connectivity index (χ1) is 8.79. The van der Waals surface area contributed by atoms with E-state index in [-0.39, 0.29) is 0 Å². The summed E-state index contributed by atoms with van der Waals surface area (Å²) in [5, 5.41) is 0. The second-order valence-corrected chi connectivity index (χ2v) is 4.00. The minimum Gasteiger partial charge on any atom is -0.489 e. The number of anilines is 1. The summed E-state index contributed by atoms with van der Waals surface area (Å²) in [6.07, 6.45) is 6.10. The molecule has 3 heteroatoms. The topological polar surface area (TPSA) is 48.1 Å². The van der Waals surface area contributed by atoms with Crippen molar-refractivity contribution in [2.75, 3.05) is 5.73 Å². The number of benzene rings is 1. The monoisotopic (exact) mass is 240 g/mol. The Kier molecular flexibility index (Phi) is 3.97. The Labute approximate surface area is 107 Å². The highest BCUT2D eigenvalue weighted by atomic mass is 16.5. The molecular weight excluding hydrogens is 224 g/mol. The number of nitrogens with zero attached hydrogens (tertiary/aromatic N) is 1. The molecule has 2 aromatic rings. The smallest absolute Gasteiger partial charge is 0.123 e. The maximum atomic E-state index is 5.80. The van der Waals surface area contributed by atoms with Gasteiger partial charge in [0.05, 0.1) is 0 Å². The predicted octanol–water partition coefficient (Wildman–Crippen LogP) is 2.97. The van der Waals surface area contributed by atoms with Crippen molar-refractivity contribution in [2.45, 2.75) is 13.0 Å². The summed E-state index contributed by atoms with van der Waals surface area (Å²) in [6.45, 7) is 4.26. The van der Waals surface area contributed by atoms with Crippen molar-refractivity contribution < 1.29 is 4.74 Å². The number of hydrogen-bond acceptors (Lipinski definition) is 3. The number of aromatic nitrogens is 1. The van der Waals surface area contributed by atoms with E-state index in [1.807, 2.05) is 36.4 Å². The molecule has 0 fully saturated rings. The number of rotatable bonds is 5. The average molecular weight is 240 g/mol. The van der Waals surface area contributed by atoms with E-state index in [4.69, 9.17) is 10.5 Å². The Hall–Kier alpha value is -2.29. The van der Waals surface area contributed by atoms with E-state index >= 15 is 0 Å². The lowest BCUT2D eigenvalue weighted by Gasteiger charge is -2.11. The van der Waals surface area contributed by atoms with Crippen molar-refractivity contribution in [3.63, 3.8) is 0 Å². The van der Waals surface area contributed by atoms with Crippen LogP contribution in [0.5, 0.6) is 5.75 Å². The molecule has 18 heavy (non-hydrogen) atoms. The van der Waals surface area contributed by atoms with Crippen LogP contribution in [-0.2, 0) is 13.0 Å². The van der Waals surface area contributed by atoms with Gasteiger partial charge in [-0.2, -0.15) is 0 Å². The normalized spacial score (nSPS) is 10.0. The second kappa shape index (κ2) is 5.87. The number of pyridine rings is 1. The fraction of sp³-hybridized carbons (Fsp3) is 0.133. The fourth-order valence-corrected chi connectivity index (χ4v) is 1.70. The van der Waals surface area contributed by atoms with Crippen molar-refractivity contribution >= 4 is 5.69 Å². The van der Waals surface area contributed by atoms with Crippen LogP contribution in [-0.4, -0.2) is 4.98 Å². The zero-order valence-corrected chi connectivity index (χ0v) is 10.2. The summed E-state index contributed by atoms with van der Waals surface area (Å²) >= 11 is 0. The highest BCUT2D eigenvalue weighted by Gasteiger charge is 2.03. The van der Waals surface area contributed by atoms with Crippen molar-refractivity contribution in [3.8, 4) is 5.75 Å². The summed E-state index contributed by atoms with van der Waals surface area (Å²) in [7, 11) is 0. The van der Waals surface area contributed by atoms with E-state index in [0.717, 1.165) is 29.0 Å². The molecule has 0 amide bonds. The predicted molar refractivity (Wildman–Crippen MR) is 73.3 cm³/mol. The summed E-state index contributed by atoms with van der Waals surface area (Å²) in [4.78, 5) is 3.97. The molecule has 1 aromatic heterocycles. The van der Waals surface area contributed by atoms with Gasteiger partial charge in [0, 0.05) is 18.1 Å². The zero-order valence-electron chi connectivity index (χ0n) is 10.2. The van der Waals surface area contributed by atoms with E-state index in [2.05, 4.69) is 11.6 Å². The number of nitrogens with two attached hydrogens (primary N) is 1. The third-order valence-corrected chi connectivity index (χ3v) is 2.59. The summed E-state index contributed by atoms with van der Waals surface area (Å²) in [5.74, 6) is 0.848. The number of nitrogen functional groups attached to an aromatic ring is 1. The second-order valence-electron chi connectivity index (χ2n) is 4.00. The molecule has 0 bridgehead atoms. The molecule has 2 N–H and O–H groups in total. The summed E-state index contributed by atoms with van der Waals surface area (Å²) < 4.78 is 5.80. The molecule has 0 aliphatic rings. The number of ether oxygens (including phenoxy) is 1. The van der Waals surface area contributed by atoms with Gasteiger partial charge in [0.15, 0.2) is 0 Å². The fourth-order valence-electron chi connectivity index (χ4n) is 1.70. The molecule has 0 aliphatic carbocycles. The first-order valence-corrected chi connectivity index (χ1v) is 5.80. The van der Waals surface area contributed by atoms with Gasteiger partial charge in [-0.15, -0.1) is 6.58 Å².